The lowest BCUT2D eigenvalue weighted by molar-refractivity contribution is -0.135. The van der Waals surface area contributed by atoms with Crippen molar-refractivity contribution in [3.05, 3.63) is 5.82 Å². The van der Waals surface area contributed by atoms with Gasteiger partial charge in [-0.1, -0.05) is 5.21 Å². The fourth-order valence-electron chi connectivity index (χ4n) is 1.97. The van der Waals surface area contributed by atoms with Crippen LogP contribution >= 0.6 is 0 Å². The second-order valence-electron chi connectivity index (χ2n) is 4.49. The van der Waals surface area contributed by atoms with Crippen molar-refractivity contribution in [3.63, 3.8) is 0 Å². The van der Waals surface area contributed by atoms with Gasteiger partial charge in [-0.25, -0.2) is 9.69 Å². The number of hydrogen-bond donors (Lipinski definition) is 3. The van der Waals surface area contributed by atoms with E-state index in [1.165, 1.54) is 11.9 Å². The van der Waals surface area contributed by atoms with E-state index in [2.05, 4.69) is 31.3 Å². The topological polar surface area (TPSA) is 153 Å². The fourth-order valence-corrected chi connectivity index (χ4v) is 1.97. The number of urea groups is 1. The van der Waals surface area contributed by atoms with Gasteiger partial charge in [0.2, 0.25) is 12.3 Å². The number of tetrazole rings is 1. The van der Waals surface area contributed by atoms with Crippen LogP contribution in [0, 0.1) is 0 Å². The van der Waals surface area contributed by atoms with Crippen LogP contribution in [0.5, 0.6) is 0 Å². The Hall–Kier alpha value is -3.05. The average Bonchev–Trinajstić information content (AvgIpc) is 3.11. The molecule has 1 fully saturated rings. The molecule has 1 aliphatic heterocycles. The maximum Gasteiger partial charge on any atom is 0.327 e. The molecule has 1 saturated heterocycles. The van der Waals surface area contributed by atoms with E-state index in [0.717, 1.165) is 4.90 Å². The molecule has 12 heteroatoms. The minimum Gasteiger partial charge on any atom is -0.350 e. The van der Waals surface area contributed by atoms with Gasteiger partial charge in [-0.15, -0.1) is 10.2 Å². The van der Waals surface area contributed by atoms with Crippen LogP contribution in [-0.2, 0) is 20.9 Å². The molecule has 12 nitrogen and oxygen atoms in total. The number of amides is 5. The molecule has 0 saturated carbocycles. The molecule has 1 aliphatic rings. The number of nitrogens with one attached hydrogen (secondary N) is 3. The van der Waals surface area contributed by atoms with Gasteiger partial charge in [-0.3, -0.25) is 14.4 Å². The first-order chi connectivity index (χ1) is 10.5. The van der Waals surface area contributed by atoms with Gasteiger partial charge in [-0.2, -0.15) is 5.21 Å². The first-order valence-electron chi connectivity index (χ1n) is 6.28. The number of H-pyrrole nitrogens is 1. The number of carbonyl (C=O) groups is 4. The summed E-state index contributed by atoms with van der Waals surface area (Å²) in [4.78, 5) is 48.4. The van der Waals surface area contributed by atoms with E-state index in [0.29, 0.717) is 6.41 Å². The molecule has 0 spiro atoms. The summed E-state index contributed by atoms with van der Waals surface area (Å²) in [6.45, 7) is -0.292. The first-order valence-corrected chi connectivity index (χ1v) is 6.28. The molecule has 118 valence electrons. The van der Waals surface area contributed by atoms with Gasteiger partial charge in [-0.05, 0) is 0 Å². The van der Waals surface area contributed by atoms with Gasteiger partial charge in [0.05, 0.1) is 19.6 Å². The Labute approximate surface area is 124 Å². The molecule has 1 aromatic heterocycles. The van der Waals surface area contributed by atoms with Crippen molar-refractivity contribution in [1.29, 1.82) is 0 Å². The molecule has 5 amide bonds. The lowest BCUT2D eigenvalue weighted by Crippen LogP contribution is -2.50. The molecule has 0 aromatic carbocycles. The van der Waals surface area contributed by atoms with E-state index in [4.69, 9.17) is 0 Å². The molecule has 0 unspecified atom stereocenters. The van der Waals surface area contributed by atoms with Gasteiger partial charge >= 0.3 is 6.03 Å². The van der Waals surface area contributed by atoms with Gasteiger partial charge in [0.15, 0.2) is 5.82 Å². The Morgan fingerprint density at radius 3 is 2.91 bits per heavy atom. The predicted molar refractivity (Wildman–Crippen MR) is 68.8 cm³/mol. The van der Waals surface area contributed by atoms with Gasteiger partial charge in [0.1, 0.15) is 6.04 Å². The molecular weight excluding hydrogens is 296 g/mol. The number of carbonyl (C=O) groups excluding carboxylic acids is 4. The Balaban J connectivity index is 2.02. The highest BCUT2D eigenvalue weighted by Gasteiger charge is 2.43. The maximum absolute atomic E-state index is 12.2. The fraction of sp³-hybridized carbons (Fsp3) is 0.500. The van der Waals surface area contributed by atoms with Crippen LogP contribution in [0.4, 0.5) is 4.79 Å². The van der Waals surface area contributed by atoms with Crippen LogP contribution in [0.2, 0.25) is 0 Å². The van der Waals surface area contributed by atoms with Crippen LogP contribution in [-0.4, -0.2) is 80.9 Å². The number of hydrogen-bond acceptors (Lipinski definition) is 7. The summed E-state index contributed by atoms with van der Waals surface area (Å²) in [7, 11) is 1.47. The standard InChI is InChI=1S/C10H14N8O4/c1-17-4-6(9(21)12-2-7-13-15-16-14-7)18(10(17)22)8(20)3-11-5-19/h5-6H,2-4H2,1H3,(H,11,19)(H,12,21)(H,13,14,15,16)/t6-/m0/s1. The van der Waals surface area contributed by atoms with Crippen molar-refractivity contribution in [2.75, 3.05) is 20.1 Å². The summed E-state index contributed by atoms with van der Waals surface area (Å²) in [6.07, 6.45) is 0.341. The van der Waals surface area contributed by atoms with Crippen molar-refractivity contribution in [2.24, 2.45) is 0 Å². The normalized spacial score (nSPS) is 17.5. The molecule has 3 N–H and O–H groups in total. The van der Waals surface area contributed by atoms with Crippen LogP contribution in [0.1, 0.15) is 5.82 Å². The van der Waals surface area contributed by atoms with Crippen LogP contribution in [0.15, 0.2) is 0 Å². The zero-order valence-electron chi connectivity index (χ0n) is 11.6. The molecule has 0 radical (unpaired) electrons. The zero-order chi connectivity index (χ0) is 16.1. The molecule has 2 rings (SSSR count). The van der Waals surface area contributed by atoms with E-state index >= 15 is 0 Å². The maximum atomic E-state index is 12.2. The minimum absolute atomic E-state index is 0.0123. The Bertz CT molecular complexity index is 573. The van der Waals surface area contributed by atoms with Crippen LogP contribution < -0.4 is 10.6 Å². The van der Waals surface area contributed by atoms with Crippen molar-refractivity contribution in [1.82, 2.24) is 41.1 Å². The molecular formula is C10H14N8O4. The Morgan fingerprint density at radius 1 is 1.50 bits per heavy atom. The molecule has 0 bridgehead atoms. The molecule has 1 aromatic rings. The number of nitrogens with zero attached hydrogens (tertiary/aromatic N) is 5. The monoisotopic (exact) mass is 310 g/mol. The van der Waals surface area contributed by atoms with Crippen LogP contribution in [0.3, 0.4) is 0 Å². The minimum atomic E-state index is -0.981. The average molecular weight is 310 g/mol. The number of aromatic nitrogens is 4. The molecule has 2 heterocycles. The third-order valence-corrected chi connectivity index (χ3v) is 3.01. The van der Waals surface area contributed by atoms with Crippen molar-refractivity contribution >= 4 is 24.3 Å². The van der Waals surface area contributed by atoms with Crippen molar-refractivity contribution in [2.45, 2.75) is 12.6 Å². The number of aromatic amines is 1. The predicted octanol–water partition coefficient (Wildman–Crippen LogP) is -3.18. The quantitative estimate of drug-likeness (QED) is 0.468. The summed E-state index contributed by atoms with van der Waals surface area (Å²) in [5, 5.41) is 17.6. The number of imide groups is 1. The lowest BCUT2D eigenvalue weighted by atomic mass is 10.2. The van der Waals surface area contributed by atoms with Gasteiger partial charge in [0, 0.05) is 7.05 Å². The van der Waals surface area contributed by atoms with E-state index in [1.807, 2.05) is 0 Å². The SMILES string of the molecule is CN1C[C@@H](C(=O)NCc2nn[nH]n2)N(C(=O)CNC=O)C1=O. The Kier molecular flexibility index (Phi) is 4.60. The smallest absolute Gasteiger partial charge is 0.327 e. The lowest BCUT2D eigenvalue weighted by Gasteiger charge is -2.20. The van der Waals surface area contributed by atoms with Crippen LogP contribution in [0.25, 0.3) is 0 Å². The second-order valence-corrected chi connectivity index (χ2v) is 4.49. The molecule has 1 atom stereocenters. The van der Waals surface area contributed by atoms with Crippen molar-refractivity contribution < 1.29 is 19.2 Å². The van der Waals surface area contributed by atoms with Crippen molar-refractivity contribution in [3.8, 4) is 0 Å². The van der Waals surface area contributed by atoms with E-state index in [-0.39, 0.29) is 25.5 Å². The summed E-state index contributed by atoms with van der Waals surface area (Å²) < 4.78 is 0. The summed E-state index contributed by atoms with van der Waals surface area (Å²) in [6, 6.07) is -1.58. The molecule has 0 aliphatic carbocycles. The number of rotatable bonds is 6. The summed E-state index contributed by atoms with van der Waals surface area (Å²) in [5.41, 5.74) is 0. The Morgan fingerprint density at radius 2 is 2.27 bits per heavy atom. The summed E-state index contributed by atoms with van der Waals surface area (Å²) >= 11 is 0. The van der Waals surface area contributed by atoms with E-state index < -0.39 is 23.9 Å². The third-order valence-electron chi connectivity index (χ3n) is 3.01. The summed E-state index contributed by atoms with van der Waals surface area (Å²) in [5.74, 6) is -0.922. The van der Waals surface area contributed by atoms with Gasteiger partial charge < -0.3 is 15.5 Å². The highest BCUT2D eigenvalue weighted by Crippen LogP contribution is 2.14. The number of likely N-dealkylation sites (N-methyl/N-ethyl adjacent to an activating group) is 1. The van der Waals surface area contributed by atoms with Gasteiger partial charge in [0.25, 0.3) is 5.91 Å². The highest BCUT2D eigenvalue weighted by molar-refractivity contribution is 6.03. The zero-order valence-corrected chi connectivity index (χ0v) is 11.6. The third kappa shape index (κ3) is 3.16. The highest BCUT2D eigenvalue weighted by atomic mass is 16.2. The van der Waals surface area contributed by atoms with E-state index in [1.54, 1.807) is 0 Å². The van der Waals surface area contributed by atoms with E-state index in [9.17, 15) is 19.2 Å². The second kappa shape index (κ2) is 6.60. The first kappa shape index (κ1) is 15.3. The largest absolute Gasteiger partial charge is 0.350 e. The molecule has 22 heavy (non-hydrogen) atoms.